The Morgan fingerprint density at radius 3 is 2.91 bits per heavy atom. The first kappa shape index (κ1) is 22.9. The molecule has 0 saturated carbocycles. The van der Waals surface area contributed by atoms with Crippen LogP contribution < -0.4 is 9.47 Å². The van der Waals surface area contributed by atoms with Gasteiger partial charge in [-0.1, -0.05) is 18.2 Å². The molecule has 1 fully saturated rings. The maximum absolute atomic E-state index is 13.5. The van der Waals surface area contributed by atoms with Crippen molar-refractivity contribution in [2.24, 2.45) is 5.92 Å². The minimum absolute atomic E-state index is 0.0488. The van der Waals surface area contributed by atoms with Crippen molar-refractivity contribution in [2.75, 3.05) is 33.4 Å². The monoisotopic (exact) mass is 472 g/mol. The summed E-state index contributed by atoms with van der Waals surface area (Å²) in [5, 5.41) is 1.09. The molecule has 1 saturated heterocycles. The second-order valence-corrected chi connectivity index (χ2v) is 8.66. The molecule has 0 unspecified atom stereocenters. The van der Waals surface area contributed by atoms with Crippen molar-refractivity contribution in [1.82, 2.24) is 9.88 Å². The van der Waals surface area contributed by atoms with Gasteiger partial charge in [0.25, 0.3) is 5.91 Å². The van der Waals surface area contributed by atoms with E-state index in [9.17, 15) is 4.79 Å². The predicted octanol–water partition coefficient (Wildman–Crippen LogP) is 4.75. The molecule has 4 aromatic rings. The van der Waals surface area contributed by atoms with Crippen molar-refractivity contribution in [3.05, 3.63) is 89.9 Å². The van der Waals surface area contributed by atoms with E-state index >= 15 is 0 Å². The zero-order valence-corrected chi connectivity index (χ0v) is 19.7. The second-order valence-electron chi connectivity index (χ2n) is 8.66. The fraction of sp³-hybridized carbons (Fsp3) is 0.286. The average molecular weight is 473 g/mol. The number of fused-ring (bicyclic) bond motifs is 1. The van der Waals surface area contributed by atoms with Gasteiger partial charge in [-0.2, -0.15) is 0 Å². The van der Waals surface area contributed by atoms with Crippen molar-refractivity contribution in [1.29, 1.82) is 0 Å². The van der Waals surface area contributed by atoms with Crippen molar-refractivity contribution in [3.63, 3.8) is 0 Å². The fourth-order valence-corrected chi connectivity index (χ4v) is 4.39. The number of aromatic nitrogens is 1. The number of methoxy groups -OCH3 is 1. The molecule has 2 aromatic heterocycles. The van der Waals surface area contributed by atoms with Crippen LogP contribution in [0.2, 0.25) is 0 Å². The van der Waals surface area contributed by atoms with E-state index in [1.807, 2.05) is 29.2 Å². The Morgan fingerprint density at radius 2 is 2.06 bits per heavy atom. The van der Waals surface area contributed by atoms with Gasteiger partial charge in [0.1, 0.15) is 12.2 Å². The highest BCUT2D eigenvalue weighted by Gasteiger charge is 2.25. The molecule has 7 heteroatoms. The van der Waals surface area contributed by atoms with Gasteiger partial charge >= 0.3 is 0 Å². The minimum Gasteiger partial charge on any atom is -0.493 e. The van der Waals surface area contributed by atoms with Crippen LogP contribution in [0.5, 0.6) is 11.5 Å². The summed E-state index contributed by atoms with van der Waals surface area (Å²) in [6, 6.07) is 19.2. The maximum Gasteiger partial charge on any atom is 0.254 e. The molecule has 5 rings (SSSR count). The first-order valence-corrected chi connectivity index (χ1v) is 11.7. The summed E-state index contributed by atoms with van der Waals surface area (Å²) in [5.74, 6) is 1.22. The molecule has 1 aliphatic heterocycles. The molecule has 0 aliphatic carbocycles. The van der Waals surface area contributed by atoms with Crippen molar-refractivity contribution >= 4 is 16.9 Å². The molecule has 0 bridgehead atoms. The summed E-state index contributed by atoms with van der Waals surface area (Å²) in [6.45, 7) is 2.57. The third-order valence-corrected chi connectivity index (χ3v) is 6.18. The van der Waals surface area contributed by atoms with E-state index < -0.39 is 0 Å². The Balaban J connectivity index is 1.29. The maximum atomic E-state index is 13.5. The topological polar surface area (TPSA) is 74.0 Å². The van der Waals surface area contributed by atoms with Gasteiger partial charge in [-0.25, -0.2) is 0 Å². The van der Waals surface area contributed by atoms with Gasteiger partial charge in [0, 0.05) is 36.2 Å². The summed E-state index contributed by atoms with van der Waals surface area (Å²) < 4.78 is 22.8. The number of amides is 1. The normalized spacial score (nSPS) is 16.1. The highest BCUT2D eigenvalue weighted by Crippen LogP contribution is 2.30. The summed E-state index contributed by atoms with van der Waals surface area (Å²) >= 11 is 0. The van der Waals surface area contributed by atoms with Crippen LogP contribution in [0.4, 0.5) is 0 Å². The van der Waals surface area contributed by atoms with Crippen LogP contribution in [-0.2, 0) is 17.8 Å². The Kier molecular flexibility index (Phi) is 6.95. The predicted molar refractivity (Wildman–Crippen MR) is 132 cm³/mol. The number of furan rings is 1. The van der Waals surface area contributed by atoms with E-state index in [2.05, 4.69) is 23.2 Å². The molecule has 1 aliphatic rings. The largest absolute Gasteiger partial charge is 0.493 e. The SMILES string of the molecule is COc1ccc(C(=O)N2CCOC[C@H](Cc3ccc4ccoc4c3)C2)cc1OCc1ccccn1. The third kappa shape index (κ3) is 5.46. The lowest BCUT2D eigenvalue weighted by Gasteiger charge is -2.24. The lowest BCUT2D eigenvalue weighted by Crippen LogP contribution is -2.36. The van der Waals surface area contributed by atoms with Crippen LogP contribution in [0.25, 0.3) is 11.0 Å². The molecule has 3 heterocycles. The molecule has 0 radical (unpaired) electrons. The van der Waals surface area contributed by atoms with Crippen molar-refractivity contribution in [3.8, 4) is 11.5 Å². The van der Waals surface area contributed by atoms with E-state index in [1.54, 1.807) is 37.8 Å². The lowest BCUT2D eigenvalue weighted by atomic mass is 9.98. The molecule has 180 valence electrons. The molecule has 2 aromatic carbocycles. The quantitative estimate of drug-likeness (QED) is 0.387. The number of carbonyl (C=O) groups excluding carboxylic acids is 1. The van der Waals surface area contributed by atoms with Gasteiger partial charge < -0.3 is 23.5 Å². The number of rotatable bonds is 7. The number of benzene rings is 2. The van der Waals surface area contributed by atoms with E-state index in [4.69, 9.17) is 18.6 Å². The van der Waals surface area contributed by atoms with Crippen LogP contribution in [0, 0.1) is 5.92 Å². The molecular formula is C28H28N2O5. The minimum atomic E-state index is -0.0488. The zero-order valence-electron chi connectivity index (χ0n) is 19.7. The fourth-order valence-electron chi connectivity index (χ4n) is 4.39. The Bertz CT molecular complexity index is 1290. The van der Waals surface area contributed by atoms with E-state index in [-0.39, 0.29) is 18.4 Å². The van der Waals surface area contributed by atoms with E-state index in [1.165, 1.54) is 5.56 Å². The van der Waals surface area contributed by atoms with Gasteiger partial charge in [-0.3, -0.25) is 9.78 Å². The summed E-state index contributed by atoms with van der Waals surface area (Å²) in [6.07, 6.45) is 4.23. The third-order valence-electron chi connectivity index (χ3n) is 6.18. The number of pyridine rings is 1. The molecule has 1 amide bonds. The van der Waals surface area contributed by atoms with Gasteiger partial charge in [-0.15, -0.1) is 0 Å². The number of ether oxygens (including phenoxy) is 3. The van der Waals surface area contributed by atoms with Gasteiger partial charge in [-0.05, 0) is 54.4 Å². The Morgan fingerprint density at radius 1 is 1.11 bits per heavy atom. The Hall–Kier alpha value is -3.84. The molecular weight excluding hydrogens is 444 g/mol. The molecule has 35 heavy (non-hydrogen) atoms. The lowest BCUT2D eigenvalue weighted by molar-refractivity contribution is 0.0736. The van der Waals surface area contributed by atoms with Crippen LogP contribution in [0.3, 0.4) is 0 Å². The second kappa shape index (κ2) is 10.6. The number of hydrogen-bond donors (Lipinski definition) is 0. The molecule has 0 N–H and O–H groups in total. The number of hydrogen-bond acceptors (Lipinski definition) is 6. The molecule has 7 nitrogen and oxygen atoms in total. The van der Waals surface area contributed by atoms with Crippen molar-refractivity contribution < 1.29 is 23.4 Å². The molecule has 0 spiro atoms. The standard InChI is InChI=1S/C28H28N2O5/c1-32-25-8-7-23(16-27(25)35-19-24-4-2-3-10-29-24)28(31)30-11-13-33-18-21(17-30)14-20-5-6-22-9-12-34-26(22)15-20/h2-10,12,15-16,21H,11,13-14,17-19H2,1H3/t21-/m1/s1. The van der Waals surface area contributed by atoms with Crippen LogP contribution in [0.15, 0.2) is 77.5 Å². The number of carbonyl (C=O) groups is 1. The number of nitrogens with zero attached hydrogens (tertiary/aromatic N) is 2. The zero-order chi connectivity index (χ0) is 24.0. The smallest absolute Gasteiger partial charge is 0.254 e. The van der Waals surface area contributed by atoms with Gasteiger partial charge in [0.15, 0.2) is 11.5 Å². The van der Waals surface area contributed by atoms with Crippen molar-refractivity contribution in [2.45, 2.75) is 13.0 Å². The highest BCUT2D eigenvalue weighted by atomic mass is 16.5. The molecule has 1 atom stereocenters. The van der Waals surface area contributed by atoms with Gasteiger partial charge in [0.2, 0.25) is 0 Å². The van der Waals surface area contributed by atoms with Crippen LogP contribution >= 0.6 is 0 Å². The van der Waals surface area contributed by atoms with E-state index in [0.29, 0.717) is 43.4 Å². The van der Waals surface area contributed by atoms with Crippen LogP contribution in [-0.4, -0.2) is 49.2 Å². The van der Waals surface area contributed by atoms with E-state index in [0.717, 1.165) is 23.1 Å². The summed E-state index contributed by atoms with van der Waals surface area (Å²) in [7, 11) is 1.58. The van der Waals surface area contributed by atoms with Gasteiger partial charge in [0.05, 0.1) is 32.3 Å². The van der Waals surface area contributed by atoms with Crippen LogP contribution in [0.1, 0.15) is 21.6 Å². The first-order valence-electron chi connectivity index (χ1n) is 11.7. The summed E-state index contributed by atoms with van der Waals surface area (Å²) in [4.78, 5) is 19.6. The average Bonchev–Trinajstić information content (AvgIpc) is 3.24. The summed E-state index contributed by atoms with van der Waals surface area (Å²) in [5.41, 5.74) is 3.40. The first-order chi connectivity index (χ1) is 17.2. The Labute approximate surface area is 204 Å². The highest BCUT2D eigenvalue weighted by molar-refractivity contribution is 5.95.